The molecular formula is C19H14F4N4O. The van der Waals surface area contributed by atoms with Crippen LogP contribution >= 0.6 is 0 Å². The number of benzene rings is 1. The molecule has 1 aliphatic rings. The summed E-state index contributed by atoms with van der Waals surface area (Å²) < 4.78 is 53.7. The van der Waals surface area contributed by atoms with E-state index in [1.54, 1.807) is 18.2 Å². The molecule has 0 radical (unpaired) electrons. The Morgan fingerprint density at radius 2 is 1.89 bits per heavy atom. The van der Waals surface area contributed by atoms with Gasteiger partial charge in [-0.05, 0) is 31.0 Å². The molecule has 1 aliphatic carbocycles. The van der Waals surface area contributed by atoms with Gasteiger partial charge in [-0.3, -0.25) is 9.78 Å². The van der Waals surface area contributed by atoms with E-state index in [1.165, 1.54) is 29.1 Å². The van der Waals surface area contributed by atoms with Gasteiger partial charge in [-0.2, -0.15) is 18.3 Å². The van der Waals surface area contributed by atoms with Gasteiger partial charge in [0, 0.05) is 24.0 Å². The monoisotopic (exact) mass is 390 g/mol. The molecule has 0 aliphatic heterocycles. The van der Waals surface area contributed by atoms with Gasteiger partial charge in [-0.15, -0.1) is 0 Å². The van der Waals surface area contributed by atoms with E-state index in [-0.39, 0.29) is 11.5 Å². The molecule has 0 bridgehead atoms. The molecule has 3 aromatic rings. The topological polar surface area (TPSA) is 59.8 Å². The van der Waals surface area contributed by atoms with E-state index in [4.69, 9.17) is 0 Å². The lowest BCUT2D eigenvalue weighted by atomic mass is 9.94. The number of nitrogens with zero attached hydrogens (tertiary/aromatic N) is 3. The van der Waals surface area contributed by atoms with Crippen molar-refractivity contribution in [3.05, 3.63) is 71.9 Å². The third kappa shape index (κ3) is 3.23. The maximum atomic E-state index is 14.1. The quantitative estimate of drug-likeness (QED) is 0.683. The summed E-state index contributed by atoms with van der Waals surface area (Å²) in [5.74, 6) is -0.677. The Morgan fingerprint density at radius 3 is 2.57 bits per heavy atom. The normalized spacial score (nSPS) is 15.3. The zero-order valence-corrected chi connectivity index (χ0v) is 14.4. The number of alkyl halides is 3. The van der Waals surface area contributed by atoms with E-state index in [1.807, 2.05) is 0 Å². The first kappa shape index (κ1) is 18.1. The van der Waals surface area contributed by atoms with Crippen molar-refractivity contribution in [1.29, 1.82) is 0 Å². The zero-order chi connectivity index (χ0) is 19.9. The average Bonchev–Trinajstić information content (AvgIpc) is 3.34. The number of carbonyl (C=O) groups is 1. The van der Waals surface area contributed by atoms with Crippen molar-refractivity contribution in [2.45, 2.75) is 24.4 Å². The highest BCUT2D eigenvalue weighted by Crippen LogP contribution is 2.49. The molecule has 0 spiro atoms. The minimum atomic E-state index is -4.57. The molecule has 1 amide bonds. The smallest absolute Gasteiger partial charge is 0.308 e. The van der Waals surface area contributed by atoms with Crippen molar-refractivity contribution < 1.29 is 22.4 Å². The van der Waals surface area contributed by atoms with Gasteiger partial charge in [0.1, 0.15) is 11.5 Å². The molecule has 0 unspecified atom stereocenters. The fourth-order valence-corrected chi connectivity index (χ4v) is 3.08. The molecule has 2 aromatic heterocycles. The van der Waals surface area contributed by atoms with E-state index in [2.05, 4.69) is 15.4 Å². The van der Waals surface area contributed by atoms with Gasteiger partial charge in [-0.25, -0.2) is 9.07 Å². The molecule has 2 heterocycles. The number of anilines is 1. The summed E-state index contributed by atoms with van der Waals surface area (Å²) in [4.78, 5) is 16.0. The van der Waals surface area contributed by atoms with Crippen LogP contribution in [0.2, 0.25) is 0 Å². The van der Waals surface area contributed by atoms with Crippen molar-refractivity contribution in [2.75, 3.05) is 5.32 Å². The lowest BCUT2D eigenvalue weighted by Crippen LogP contribution is -2.29. The fourth-order valence-electron chi connectivity index (χ4n) is 3.08. The highest BCUT2D eigenvalue weighted by molar-refractivity contribution is 6.00. The summed E-state index contributed by atoms with van der Waals surface area (Å²) in [6, 6.07) is 9.80. The van der Waals surface area contributed by atoms with E-state index in [9.17, 15) is 22.4 Å². The molecule has 9 heteroatoms. The third-order valence-corrected chi connectivity index (χ3v) is 4.70. The second kappa shape index (κ2) is 6.43. The Morgan fingerprint density at radius 1 is 1.14 bits per heavy atom. The van der Waals surface area contributed by atoms with Gasteiger partial charge in [0.15, 0.2) is 5.82 Å². The number of carbonyl (C=O) groups excluding carboxylic acids is 1. The van der Waals surface area contributed by atoms with Gasteiger partial charge in [0.05, 0.1) is 11.1 Å². The van der Waals surface area contributed by atoms with Crippen LogP contribution in [0.4, 0.5) is 23.4 Å². The summed E-state index contributed by atoms with van der Waals surface area (Å²) in [6.45, 7) is 0. The van der Waals surface area contributed by atoms with E-state index in [0.717, 1.165) is 12.3 Å². The second-order valence-electron chi connectivity index (χ2n) is 6.56. The maximum Gasteiger partial charge on any atom is 0.433 e. The molecule has 4 rings (SSSR count). The largest absolute Gasteiger partial charge is 0.433 e. The number of hydrogen-bond acceptors (Lipinski definition) is 3. The molecule has 1 N–H and O–H groups in total. The molecule has 1 aromatic carbocycles. The number of amides is 1. The summed E-state index contributed by atoms with van der Waals surface area (Å²) in [5, 5.41) is 6.73. The van der Waals surface area contributed by atoms with Crippen molar-refractivity contribution in [1.82, 2.24) is 14.8 Å². The Bertz CT molecular complexity index is 1040. The van der Waals surface area contributed by atoms with Crippen LogP contribution in [-0.4, -0.2) is 20.7 Å². The molecular weight excluding hydrogens is 376 g/mol. The van der Waals surface area contributed by atoms with Crippen LogP contribution in [-0.2, 0) is 16.4 Å². The van der Waals surface area contributed by atoms with Crippen molar-refractivity contribution in [3.8, 4) is 5.69 Å². The summed E-state index contributed by atoms with van der Waals surface area (Å²) in [5.41, 5.74) is -1.49. The highest BCUT2D eigenvalue weighted by atomic mass is 19.4. The zero-order valence-electron chi connectivity index (χ0n) is 14.4. The Labute approximate surface area is 157 Å². The maximum absolute atomic E-state index is 14.1. The van der Waals surface area contributed by atoms with Crippen LogP contribution in [0.15, 0.2) is 54.9 Å². The van der Waals surface area contributed by atoms with Crippen LogP contribution in [0.3, 0.4) is 0 Å². The number of halogens is 4. The van der Waals surface area contributed by atoms with Gasteiger partial charge in [0.25, 0.3) is 0 Å². The Hall–Kier alpha value is -3.23. The average molecular weight is 390 g/mol. The molecule has 5 nitrogen and oxygen atoms in total. The molecule has 0 atom stereocenters. The molecule has 0 saturated heterocycles. The summed E-state index contributed by atoms with van der Waals surface area (Å²) >= 11 is 0. The first-order valence-electron chi connectivity index (χ1n) is 8.45. The van der Waals surface area contributed by atoms with Crippen LogP contribution in [0, 0.1) is 5.82 Å². The standard InChI is InChI=1S/C19H14F4N4O/c20-14-4-2-1-3-13(14)18(7-8-18)17(28)25-16-6-10-27(26-16)12-5-9-24-15(11-12)19(21,22)23/h1-6,9-11H,7-8H2,(H,25,26,28). The molecule has 1 saturated carbocycles. The Kier molecular flexibility index (Phi) is 4.17. The first-order valence-corrected chi connectivity index (χ1v) is 8.45. The van der Waals surface area contributed by atoms with Crippen LogP contribution < -0.4 is 5.32 Å². The van der Waals surface area contributed by atoms with Crippen molar-refractivity contribution in [3.63, 3.8) is 0 Å². The molecule has 144 valence electrons. The number of pyridine rings is 1. The predicted octanol–water partition coefficient (Wildman–Crippen LogP) is 4.10. The first-order chi connectivity index (χ1) is 13.3. The van der Waals surface area contributed by atoms with Crippen LogP contribution in [0.1, 0.15) is 24.1 Å². The second-order valence-corrected chi connectivity index (χ2v) is 6.56. The van der Waals surface area contributed by atoms with Crippen LogP contribution in [0.5, 0.6) is 0 Å². The van der Waals surface area contributed by atoms with Gasteiger partial charge in [-0.1, -0.05) is 18.2 Å². The molecule has 28 heavy (non-hydrogen) atoms. The van der Waals surface area contributed by atoms with E-state index in [0.29, 0.717) is 18.4 Å². The fraction of sp³-hybridized carbons (Fsp3) is 0.211. The highest BCUT2D eigenvalue weighted by Gasteiger charge is 2.52. The van der Waals surface area contributed by atoms with Gasteiger partial charge < -0.3 is 5.32 Å². The summed E-state index contributed by atoms with van der Waals surface area (Å²) in [7, 11) is 0. The van der Waals surface area contributed by atoms with E-state index >= 15 is 0 Å². The van der Waals surface area contributed by atoms with Gasteiger partial charge >= 0.3 is 6.18 Å². The molecule has 1 fully saturated rings. The number of aromatic nitrogens is 3. The van der Waals surface area contributed by atoms with E-state index < -0.39 is 29.0 Å². The summed E-state index contributed by atoms with van der Waals surface area (Å²) in [6.07, 6.45) is -1.08. The lowest BCUT2D eigenvalue weighted by molar-refractivity contribution is -0.141. The lowest BCUT2D eigenvalue weighted by Gasteiger charge is -2.15. The predicted molar refractivity (Wildman–Crippen MR) is 92.3 cm³/mol. The Balaban J connectivity index is 1.55. The van der Waals surface area contributed by atoms with Gasteiger partial charge in [0.2, 0.25) is 5.91 Å². The van der Waals surface area contributed by atoms with Crippen molar-refractivity contribution >= 4 is 11.7 Å². The third-order valence-electron chi connectivity index (χ3n) is 4.70. The number of rotatable bonds is 4. The van der Waals surface area contributed by atoms with Crippen LogP contribution in [0.25, 0.3) is 5.69 Å². The van der Waals surface area contributed by atoms with Crippen molar-refractivity contribution in [2.24, 2.45) is 0 Å². The minimum Gasteiger partial charge on any atom is -0.308 e. The number of hydrogen-bond donors (Lipinski definition) is 1. The SMILES string of the molecule is O=C(Nc1ccn(-c2ccnc(C(F)(F)F)c2)n1)C1(c2ccccc2F)CC1. The number of nitrogens with one attached hydrogen (secondary N) is 1. The minimum absolute atomic E-state index is 0.151.